The molecule has 0 bridgehead atoms. The third-order valence-electron chi connectivity index (χ3n) is 9.23. The van der Waals surface area contributed by atoms with Gasteiger partial charge in [0.25, 0.3) is 0 Å². The van der Waals surface area contributed by atoms with Crippen molar-refractivity contribution in [2.45, 2.75) is 61.6 Å². The quantitative estimate of drug-likeness (QED) is 0.204. The Morgan fingerprint density at radius 3 is 1.65 bits per heavy atom. The average molecular weight is 627 g/mol. The van der Waals surface area contributed by atoms with Gasteiger partial charge in [-0.15, -0.1) is 0 Å². The molecule has 2 aromatic rings. The van der Waals surface area contributed by atoms with Crippen molar-refractivity contribution in [2.75, 3.05) is 52.9 Å². The summed E-state index contributed by atoms with van der Waals surface area (Å²) in [4.78, 5) is 0. The standard InChI is InChI=1S/C38H42O8/c1-9-29(39-17-33-21-43-33)10-2-25(1)37(26-3-11-30(12-4-26)40-18-34-22-44-34)38(27-5-13-31(14-6-27)41-19-35-23-45-35)28-7-15-32(16-8-28)42-20-36-24-46-36/h1-7,9-11,13-15,30,33-38H,8,12,16-24H2. The molecule has 6 aliphatic rings. The molecule has 46 heavy (non-hydrogen) atoms. The maximum atomic E-state index is 6.13. The van der Waals surface area contributed by atoms with E-state index in [1.54, 1.807) is 0 Å². The third kappa shape index (κ3) is 8.11. The number of ether oxygens (including phenoxy) is 8. The Kier molecular flexibility index (Phi) is 8.96. The fourth-order valence-corrected chi connectivity index (χ4v) is 6.19. The number of rotatable bonds is 17. The highest BCUT2D eigenvalue weighted by Gasteiger charge is 2.33. The van der Waals surface area contributed by atoms with Gasteiger partial charge in [0.05, 0.1) is 44.9 Å². The predicted molar refractivity (Wildman–Crippen MR) is 171 cm³/mol. The van der Waals surface area contributed by atoms with Crippen LogP contribution in [-0.2, 0) is 28.4 Å². The molecule has 0 aromatic heterocycles. The van der Waals surface area contributed by atoms with Crippen molar-refractivity contribution in [1.82, 2.24) is 0 Å². The van der Waals surface area contributed by atoms with Crippen LogP contribution in [-0.4, -0.2) is 83.4 Å². The highest BCUT2D eigenvalue weighted by atomic mass is 16.6. The first kappa shape index (κ1) is 30.0. The number of hydrogen-bond acceptors (Lipinski definition) is 8. The van der Waals surface area contributed by atoms with Crippen molar-refractivity contribution in [3.63, 3.8) is 0 Å². The fourth-order valence-electron chi connectivity index (χ4n) is 6.19. The van der Waals surface area contributed by atoms with Gasteiger partial charge in [0.15, 0.2) is 0 Å². The topological polar surface area (TPSA) is 87.0 Å². The van der Waals surface area contributed by atoms with E-state index in [2.05, 4.69) is 78.9 Å². The van der Waals surface area contributed by atoms with Gasteiger partial charge in [0, 0.05) is 18.3 Å². The van der Waals surface area contributed by atoms with Crippen LogP contribution in [0, 0.1) is 0 Å². The lowest BCUT2D eigenvalue weighted by molar-refractivity contribution is 0.0729. The van der Waals surface area contributed by atoms with Crippen LogP contribution in [0.3, 0.4) is 0 Å². The molecular weight excluding hydrogens is 584 g/mol. The lowest BCUT2D eigenvalue weighted by Gasteiger charge is -2.34. The third-order valence-corrected chi connectivity index (χ3v) is 9.23. The summed E-state index contributed by atoms with van der Waals surface area (Å²) in [6, 6.07) is 17.3. The zero-order valence-corrected chi connectivity index (χ0v) is 26.1. The van der Waals surface area contributed by atoms with Crippen molar-refractivity contribution >= 4 is 0 Å². The van der Waals surface area contributed by atoms with Crippen LogP contribution in [0.5, 0.6) is 11.5 Å². The molecule has 4 saturated heterocycles. The molecule has 4 heterocycles. The summed E-state index contributed by atoms with van der Waals surface area (Å²) in [5.41, 5.74) is 5.16. The molecule has 4 aliphatic heterocycles. The lowest BCUT2D eigenvalue weighted by Crippen LogP contribution is -2.21. The summed E-state index contributed by atoms with van der Waals surface area (Å²) in [6.45, 7) is 5.62. The first-order valence-corrected chi connectivity index (χ1v) is 16.7. The zero-order chi connectivity index (χ0) is 30.7. The van der Waals surface area contributed by atoms with Crippen LogP contribution < -0.4 is 9.47 Å². The van der Waals surface area contributed by atoms with Gasteiger partial charge in [-0.25, -0.2) is 0 Å². The smallest absolute Gasteiger partial charge is 0.119 e. The maximum Gasteiger partial charge on any atom is 0.119 e. The first-order valence-electron chi connectivity index (χ1n) is 16.7. The van der Waals surface area contributed by atoms with E-state index >= 15 is 0 Å². The average Bonchev–Trinajstić information content (AvgIpc) is 3.91. The van der Waals surface area contributed by atoms with Crippen LogP contribution >= 0.6 is 0 Å². The van der Waals surface area contributed by atoms with E-state index in [1.165, 1.54) is 22.3 Å². The van der Waals surface area contributed by atoms with Crippen LogP contribution in [0.2, 0.25) is 0 Å². The fraction of sp³-hybridized carbons (Fsp3) is 0.474. The molecule has 0 spiro atoms. The van der Waals surface area contributed by atoms with E-state index in [4.69, 9.17) is 37.9 Å². The van der Waals surface area contributed by atoms with Crippen molar-refractivity contribution in [3.05, 3.63) is 107 Å². The molecule has 4 fully saturated rings. The zero-order valence-electron chi connectivity index (χ0n) is 26.1. The molecule has 8 rings (SSSR count). The minimum absolute atomic E-state index is 0.0614. The molecule has 0 N–H and O–H groups in total. The van der Waals surface area contributed by atoms with E-state index in [0.29, 0.717) is 26.4 Å². The second-order valence-corrected chi connectivity index (χ2v) is 12.9. The molecule has 2 aliphatic carbocycles. The Morgan fingerprint density at radius 1 is 0.609 bits per heavy atom. The van der Waals surface area contributed by atoms with Gasteiger partial charge in [-0.05, 0) is 59.9 Å². The van der Waals surface area contributed by atoms with Crippen molar-refractivity contribution in [2.24, 2.45) is 0 Å². The Balaban J connectivity index is 1.10. The van der Waals surface area contributed by atoms with E-state index in [-0.39, 0.29) is 42.4 Å². The molecule has 2 aromatic carbocycles. The van der Waals surface area contributed by atoms with Gasteiger partial charge in [-0.1, -0.05) is 54.1 Å². The van der Waals surface area contributed by atoms with E-state index in [9.17, 15) is 0 Å². The normalized spacial score (nSPS) is 28.7. The second-order valence-electron chi connectivity index (χ2n) is 12.9. The molecule has 7 atom stereocenters. The van der Waals surface area contributed by atoms with Crippen LogP contribution in [0.4, 0.5) is 0 Å². The number of epoxide rings is 4. The summed E-state index contributed by atoms with van der Waals surface area (Å²) in [7, 11) is 0. The maximum absolute atomic E-state index is 6.13. The first-order chi connectivity index (χ1) is 22.7. The molecule has 7 unspecified atom stereocenters. The van der Waals surface area contributed by atoms with Gasteiger partial charge >= 0.3 is 0 Å². The Morgan fingerprint density at radius 2 is 1.15 bits per heavy atom. The monoisotopic (exact) mass is 626 g/mol. The van der Waals surface area contributed by atoms with Gasteiger partial charge in [-0.2, -0.15) is 0 Å². The minimum atomic E-state index is 0.0614. The molecule has 0 radical (unpaired) electrons. The summed E-state index contributed by atoms with van der Waals surface area (Å²) >= 11 is 0. The Labute approximate surface area is 270 Å². The minimum Gasteiger partial charge on any atom is -0.495 e. The SMILES string of the molecule is C1=CC(OCC2CO2)CC=C1C(c1ccc(OCC2CO2)cc1)C(C1=CC=C(OCC2CO2)CC1)c1ccc(OCC2CO2)cc1. The lowest BCUT2D eigenvalue weighted by atomic mass is 9.70. The largest absolute Gasteiger partial charge is 0.495 e. The molecular formula is C38H42O8. The van der Waals surface area contributed by atoms with Gasteiger partial charge in [0.2, 0.25) is 0 Å². The van der Waals surface area contributed by atoms with Crippen molar-refractivity contribution in [1.29, 1.82) is 0 Å². The van der Waals surface area contributed by atoms with Gasteiger partial charge < -0.3 is 37.9 Å². The second kappa shape index (κ2) is 13.8. The van der Waals surface area contributed by atoms with E-state index in [1.807, 2.05) is 0 Å². The van der Waals surface area contributed by atoms with Gasteiger partial charge in [-0.3, -0.25) is 0 Å². The van der Waals surface area contributed by atoms with Crippen molar-refractivity contribution in [3.8, 4) is 11.5 Å². The van der Waals surface area contributed by atoms with Gasteiger partial charge in [0.1, 0.15) is 55.7 Å². The highest BCUT2D eigenvalue weighted by Crippen LogP contribution is 2.47. The summed E-state index contributed by atoms with van der Waals surface area (Å²) in [5, 5.41) is 0. The number of allylic oxidation sites excluding steroid dienone is 6. The van der Waals surface area contributed by atoms with Crippen LogP contribution in [0.1, 0.15) is 42.2 Å². The highest BCUT2D eigenvalue weighted by molar-refractivity contribution is 5.49. The summed E-state index contributed by atoms with van der Waals surface area (Å²) in [6.07, 6.45) is 14.9. The molecule has 0 saturated carbocycles. The molecule has 0 amide bonds. The number of benzene rings is 2. The summed E-state index contributed by atoms with van der Waals surface area (Å²) < 4.78 is 45.6. The van der Waals surface area contributed by atoms with E-state index in [0.717, 1.165) is 62.9 Å². The van der Waals surface area contributed by atoms with Crippen molar-refractivity contribution < 1.29 is 37.9 Å². The Bertz CT molecular complexity index is 1460. The Hall–Kier alpha value is -3.40. The predicted octanol–water partition coefficient (Wildman–Crippen LogP) is 5.80. The van der Waals surface area contributed by atoms with Crippen LogP contribution in [0.15, 0.2) is 95.8 Å². The summed E-state index contributed by atoms with van der Waals surface area (Å²) in [5.74, 6) is 2.94. The molecule has 8 heteroatoms. The van der Waals surface area contributed by atoms with Crippen LogP contribution in [0.25, 0.3) is 0 Å². The van der Waals surface area contributed by atoms with E-state index < -0.39 is 0 Å². The molecule has 8 nitrogen and oxygen atoms in total. The number of hydrogen-bond donors (Lipinski definition) is 0. The molecule has 242 valence electrons.